The van der Waals surface area contributed by atoms with Crippen molar-refractivity contribution in [1.82, 2.24) is 0 Å². The molecular weight excluding hydrogens is 207 g/mol. The van der Waals surface area contributed by atoms with Crippen molar-refractivity contribution >= 4 is 6.29 Å². The standard InChI is InChI=1S/C13H9FO2/c14-13-10(8-15)2-1-3-12(13)9-4-6-11(16)7-5-9/h1-8,16H. The van der Waals surface area contributed by atoms with Crippen LogP contribution in [0.25, 0.3) is 11.1 Å². The summed E-state index contributed by atoms with van der Waals surface area (Å²) in [7, 11) is 0. The fourth-order valence-electron chi connectivity index (χ4n) is 1.50. The first kappa shape index (κ1) is 10.4. The maximum atomic E-state index is 13.8. The van der Waals surface area contributed by atoms with Crippen molar-refractivity contribution < 1.29 is 14.3 Å². The predicted molar refractivity (Wildman–Crippen MR) is 58.9 cm³/mol. The third-order valence-corrected chi connectivity index (χ3v) is 2.33. The molecule has 0 unspecified atom stereocenters. The minimum Gasteiger partial charge on any atom is -0.508 e. The number of hydrogen-bond acceptors (Lipinski definition) is 2. The van der Waals surface area contributed by atoms with Crippen LogP contribution in [-0.4, -0.2) is 11.4 Å². The van der Waals surface area contributed by atoms with Gasteiger partial charge < -0.3 is 5.11 Å². The van der Waals surface area contributed by atoms with Gasteiger partial charge in [-0.3, -0.25) is 4.79 Å². The summed E-state index contributed by atoms with van der Waals surface area (Å²) in [6.45, 7) is 0. The van der Waals surface area contributed by atoms with Crippen LogP contribution in [0.3, 0.4) is 0 Å². The molecule has 0 atom stereocenters. The Labute approximate surface area is 92.0 Å². The molecule has 0 heterocycles. The van der Waals surface area contributed by atoms with Crippen LogP contribution in [-0.2, 0) is 0 Å². The molecule has 16 heavy (non-hydrogen) atoms. The van der Waals surface area contributed by atoms with Gasteiger partial charge in [-0.15, -0.1) is 0 Å². The monoisotopic (exact) mass is 216 g/mol. The Hall–Kier alpha value is -2.16. The molecule has 0 saturated heterocycles. The highest BCUT2D eigenvalue weighted by Gasteiger charge is 2.08. The third-order valence-electron chi connectivity index (χ3n) is 2.33. The second-order valence-electron chi connectivity index (χ2n) is 3.37. The molecule has 0 amide bonds. The largest absolute Gasteiger partial charge is 0.508 e. The average molecular weight is 216 g/mol. The molecule has 0 aliphatic heterocycles. The summed E-state index contributed by atoms with van der Waals surface area (Å²) in [6.07, 6.45) is 0.485. The Morgan fingerprint density at radius 2 is 1.75 bits per heavy atom. The number of rotatable bonds is 2. The molecule has 0 aliphatic rings. The van der Waals surface area contributed by atoms with Crippen molar-refractivity contribution in [2.24, 2.45) is 0 Å². The normalized spacial score (nSPS) is 10.1. The van der Waals surface area contributed by atoms with E-state index in [1.807, 2.05) is 0 Å². The van der Waals surface area contributed by atoms with Gasteiger partial charge in [-0.05, 0) is 23.8 Å². The average Bonchev–Trinajstić information content (AvgIpc) is 2.31. The van der Waals surface area contributed by atoms with Crippen molar-refractivity contribution in [2.45, 2.75) is 0 Å². The molecule has 2 rings (SSSR count). The fourth-order valence-corrected chi connectivity index (χ4v) is 1.50. The molecule has 2 aromatic carbocycles. The van der Waals surface area contributed by atoms with Gasteiger partial charge in [0.1, 0.15) is 11.6 Å². The van der Waals surface area contributed by atoms with Gasteiger partial charge in [0.15, 0.2) is 6.29 Å². The number of phenolic OH excluding ortho intramolecular Hbond substituents is 1. The van der Waals surface area contributed by atoms with Gasteiger partial charge in [0, 0.05) is 5.56 Å². The molecule has 3 heteroatoms. The van der Waals surface area contributed by atoms with E-state index in [4.69, 9.17) is 5.11 Å². The first-order valence-electron chi connectivity index (χ1n) is 4.75. The van der Waals surface area contributed by atoms with E-state index >= 15 is 0 Å². The van der Waals surface area contributed by atoms with E-state index in [0.717, 1.165) is 0 Å². The number of carbonyl (C=O) groups excluding carboxylic acids is 1. The molecule has 1 N–H and O–H groups in total. The number of halogens is 1. The first-order valence-corrected chi connectivity index (χ1v) is 4.75. The molecule has 2 aromatic rings. The Morgan fingerprint density at radius 1 is 1.06 bits per heavy atom. The van der Waals surface area contributed by atoms with Crippen LogP contribution in [0.1, 0.15) is 10.4 Å². The molecule has 0 aliphatic carbocycles. The van der Waals surface area contributed by atoms with Gasteiger partial charge in [-0.1, -0.05) is 24.3 Å². The van der Waals surface area contributed by atoms with Crippen molar-refractivity contribution in [3.8, 4) is 16.9 Å². The molecule has 0 aromatic heterocycles. The smallest absolute Gasteiger partial charge is 0.153 e. The van der Waals surface area contributed by atoms with E-state index in [0.29, 0.717) is 17.4 Å². The van der Waals surface area contributed by atoms with E-state index in [9.17, 15) is 9.18 Å². The lowest BCUT2D eigenvalue weighted by Crippen LogP contribution is -1.91. The van der Waals surface area contributed by atoms with Gasteiger partial charge in [-0.25, -0.2) is 4.39 Å². The van der Waals surface area contributed by atoms with Crippen LogP contribution in [0.2, 0.25) is 0 Å². The second-order valence-corrected chi connectivity index (χ2v) is 3.37. The highest BCUT2D eigenvalue weighted by molar-refractivity contribution is 5.79. The van der Waals surface area contributed by atoms with Crippen LogP contribution >= 0.6 is 0 Å². The number of benzene rings is 2. The summed E-state index contributed by atoms with van der Waals surface area (Å²) in [5.74, 6) is -0.418. The summed E-state index contributed by atoms with van der Waals surface area (Å²) in [4.78, 5) is 10.6. The summed E-state index contributed by atoms with van der Waals surface area (Å²) >= 11 is 0. The maximum absolute atomic E-state index is 13.8. The van der Waals surface area contributed by atoms with Gasteiger partial charge >= 0.3 is 0 Å². The molecule has 0 saturated carbocycles. The lowest BCUT2D eigenvalue weighted by molar-refractivity contribution is 0.112. The number of aromatic hydroxyl groups is 1. The zero-order valence-electron chi connectivity index (χ0n) is 8.35. The molecule has 80 valence electrons. The van der Waals surface area contributed by atoms with Crippen LogP contribution in [0.4, 0.5) is 4.39 Å². The molecule has 0 radical (unpaired) electrons. The van der Waals surface area contributed by atoms with E-state index in [1.165, 1.54) is 18.2 Å². The first-order chi connectivity index (χ1) is 7.72. The Morgan fingerprint density at radius 3 is 2.38 bits per heavy atom. The summed E-state index contributed by atoms with van der Waals surface area (Å²) < 4.78 is 13.8. The van der Waals surface area contributed by atoms with E-state index < -0.39 is 5.82 Å². The van der Waals surface area contributed by atoms with Crippen LogP contribution in [0.15, 0.2) is 42.5 Å². The lowest BCUT2D eigenvalue weighted by atomic mass is 10.0. The number of hydrogen-bond donors (Lipinski definition) is 1. The minimum absolute atomic E-state index is 0.0329. The zero-order valence-corrected chi connectivity index (χ0v) is 8.35. The zero-order chi connectivity index (χ0) is 11.5. The summed E-state index contributed by atoms with van der Waals surface area (Å²) in [6, 6.07) is 10.8. The second kappa shape index (κ2) is 4.14. The number of carbonyl (C=O) groups is 1. The quantitative estimate of drug-likeness (QED) is 0.783. The fraction of sp³-hybridized carbons (Fsp3) is 0. The molecule has 0 bridgehead atoms. The van der Waals surface area contributed by atoms with E-state index in [2.05, 4.69) is 0 Å². The minimum atomic E-state index is -0.539. The predicted octanol–water partition coefficient (Wildman–Crippen LogP) is 3.01. The lowest BCUT2D eigenvalue weighted by Gasteiger charge is -2.04. The number of aldehydes is 1. The van der Waals surface area contributed by atoms with Crippen LogP contribution in [0, 0.1) is 5.82 Å². The van der Waals surface area contributed by atoms with Gasteiger partial charge in [0.05, 0.1) is 5.56 Å². The number of phenols is 1. The summed E-state index contributed by atoms with van der Waals surface area (Å²) in [5, 5.41) is 9.12. The van der Waals surface area contributed by atoms with Crippen molar-refractivity contribution in [1.29, 1.82) is 0 Å². The maximum Gasteiger partial charge on any atom is 0.153 e. The van der Waals surface area contributed by atoms with Gasteiger partial charge in [0.2, 0.25) is 0 Å². The van der Waals surface area contributed by atoms with Crippen molar-refractivity contribution in [3.63, 3.8) is 0 Å². The topological polar surface area (TPSA) is 37.3 Å². The Bertz CT molecular complexity index is 518. The highest BCUT2D eigenvalue weighted by Crippen LogP contribution is 2.25. The van der Waals surface area contributed by atoms with E-state index in [1.54, 1.807) is 24.3 Å². The van der Waals surface area contributed by atoms with Crippen LogP contribution in [0.5, 0.6) is 5.75 Å². The van der Waals surface area contributed by atoms with E-state index in [-0.39, 0.29) is 11.3 Å². The molecule has 2 nitrogen and oxygen atoms in total. The molecule has 0 fully saturated rings. The summed E-state index contributed by atoms with van der Waals surface area (Å²) in [5.41, 5.74) is 1.01. The van der Waals surface area contributed by atoms with Crippen LogP contribution < -0.4 is 0 Å². The van der Waals surface area contributed by atoms with Gasteiger partial charge in [-0.2, -0.15) is 0 Å². The Kier molecular flexibility index (Phi) is 2.68. The van der Waals surface area contributed by atoms with Crippen molar-refractivity contribution in [3.05, 3.63) is 53.8 Å². The highest BCUT2D eigenvalue weighted by atomic mass is 19.1. The van der Waals surface area contributed by atoms with Crippen molar-refractivity contribution in [2.75, 3.05) is 0 Å². The molecule has 0 spiro atoms. The third kappa shape index (κ3) is 1.80. The van der Waals surface area contributed by atoms with Gasteiger partial charge in [0.25, 0.3) is 0 Å². The Balaban J connectivity index is 2.56. The SMILES string of the molecule is O=Cc1cccc(-c2ccc(O)cc2)c1F. The molecular formula is C13H9FO2.